The topological polar surface area (TPSA) is 56.7 Å². The largest absolute Gasteiger partial charge is 0.384 e. The van der Waals surface area contributed by atoms with Crippen LogP contribution < -0.4 is 5.73 Å². The number of aromatic nitrogens is 3. The van der Waals surface area contributed by atoms with Gasteiger partial charge in [0, 0.05) is 36.5 Å². The maximum atomic E-state index is 5.84. The minimum atomic E-state index is 0.461. The molecule has 0 saturated carbocycles. The van der Waals surface area contributed by atoms with Crippen molar-refractivity contribution in [1.82, 2.24) is 14.8 Å². The molecule has 0 saturated heterocycles. The molecule has 2 N–H and O–H groups in total. The van der Waals surface area contributed by atoms with Gasteiger partial charge in [0.2, 0.25) is 0 Å². The number of aryl methyl sites for hydroxylation is 1. The zero-order chi connectivity index (χ0) is 14.3. The summed E-state index contributed by atoms with van der Waals surface area (Å²) >= 11 is 0. The van der Waals surface area contributed by atoms with Gasteiger partial charge < -0.3 is 5.73 Å². The molecule has 2 heterocycles. The number of pyridine rings is 1. The van der Waals surface area contributed by atoms with Gasteiger partial charge in [-0.15, -0.1) is 0 Å². The molecule has 0 aliphatic rings. The highest BCUT2D eigenvalue weighted by atomic mass is 15.3. The monoisotopic (exact) mass is 266 g/mol. The lowest BCUT2D eigenvalue weighted by Gasteiger charge is -2.09. The number of hydrogen-bond acceptors (Lipinski definition) is 3. The van der Waals surface area contributed by atoms with Gasteiger partial charge in [0.05, 0.1) is 5.69 Å². The van der Waals surface area contributed by atoms with Crippen LogP contribution in [0.15, 0.2) is 36.7 Å². The quantitative estimate of drug-likeness (QED) is 0.774. The van der Waals surface area contributed by atoms with Crippen molar-refractivity contribution in [2.45, 2.75) is 19.8 Å². The molecule has 102 valence electrons. The van der Waals surface area contributed by atoms with Crippen molar-refractivity contribution in [1.29, 1.82) is 0 Å². The van der Waals surface area contributed by atoms with Crippen LogP contribution in [-0.4, -0.2) is 14.8 Å². The predicted octanol–water partition coefficient (Wildman–Crippen LogP) is 3.34. The van der Waals surface area contributed by atoms with Crippen LogP contribution in [-0.2, 0) is 7.05 Å². The number of benzene rings is 1. The highest BCUT2D eigenvalue weighted by molar-refractivity contribution is 5.89. The highest BCUT2D eigenvalue weighted by Crippen LogP contribution is 2.28. The molecule has 0 amide bonds. The van der Waals surface area contributed by atoms with Crippen LogP contribution >= 0.6 is 0 Å². The molecule has 0 aliphatic heterocycles. The first kappa shape index (κ1) is 12.7. The normalized spacial score (nSPS) is 11.4. The first-order valence-electron chi connectivity index (χ1n) is 6.74. The van der Waals surface area contributed by atoms with Gasteiger partial charge in [-0.05, 0) is 22.9 Å². The van der Waals surface area contributed by atoms with E-state index in [1.807, 2.05) is 25.5 Å². The molecule has 0 atom stereocenters. The summed E-state index contributed by atoms with van der Waals surface area (Å²) in [7, 11) is 1.85. The highest BCUT2D eigenvalue weighted by Gasteiger charge is 2.09. The van der Waals surface area contributed by atoms with Crippen LogP contribution in [0.1, 0.15) is 25.3 Å². The third-order valence-corrected chi connectivity index (χ3v) is 3.62. The van der Waals surface area contributed by atoms with E-state index in [0.717, 1.165) is 16.6 Å². The zero-order valence-electron chi connectivity index (χ0n) is 12.0. The number of fused-ring (bicyclic) bond motifs is 1. The van der Waals surface area contributed by atoms with Crippen molar-refractivity contribution in [2.24, 2.45) is 7.05 Å². The van der Waals surface area contributed by atoms with Crippen molar-refractivity contribution < 1.29 is 0 Å². The van der Waals surface area contributed by atoms with E-state index >= 15 is 0 Å². The lowest BCUT2D eigenvalue weighted by Crippen LogP contribution is -1.96. The Kier molecular flexibility index (Phi) is 2.93. The summed E-state index contributed by atoms with van der Waals surface area (Å²) in [6, 6.07) is 8.25. The third kappa shape index (κ3) is 2.03. The molecular weight excluding hydrogens is 248 g/mol. The van der Waals surface area contributed by atoms with Crippen LogP contribution in [0, 0.1) is 0 Å². The van der Waals surface area contributed by atoms with Gasteiger partial charge in [0.1, 0.15) is 5.82 Å². The Morgan fingerprint density at radius 3 is 2.60 bits per heavy atom. The Hall–Kier alpha value is -2.36. The lowest BCUT2D eigenvalue weighted by molar-refractivity contribution is 0.782. The summed E-state index contributed by atoms with van der Waals surface area (Å²) in [6.07, 6.45) is 3.85. The van der Waals surface area contributed by atoms with Crippen molar-refractivity contribution in [3.05, 3.63) is 42.2 Å². The maximum absolute atomic E-state index is 5.84. The number of rotatable bonds is 2. The van der Waals surface area contributed by atoms with Gasteiger partial charge in [-0.25, -0.2) is 0 Å². The second-order valence-corrected chi connectivity index (χ2v) is 5.40. The Balaban J connectivity index is 2.16. The van der Waals surface area contributed by atoms with Crippen LogP contribution in [0.4, 0.5) is 5.82 Å². The average Bonchev–Trinajstić information content (AvgIpc) is 2.77. The minimum Gasteiger partial charge on any atom is -0.384 e. The summed E-state index contributed by atoms with van der Waals surface area (Å²) in [5.74, 6) is 1.12. The molecule has 3 aromatic rings. The summed E-state index contributed by atoms with van der Waals surface area (Å²) in [6.45, 7) is 4.37. The molecule has 3 rings (SSSR count). The summed E-state index contributed by atoms with van der Waals surface area (Å²) in [5, 5.41) is 6.81. The molecule has 0 aliphatic carbocycles. The third-order valence-electron chi connectivity index (χ3n) is 3.62. The Morgan fingerprint density at radius 1 is 1.15 bits per heavy atom. The molecule has 4 heteroatoms. The van der Waals surface area contributed by atoms with E-state index in [1.165, 1.54) is 10.9 Å². The smallest absolute Gasteiger partial charge is 0.121 e. The van der Waals surface area contributed by atoms with Gasteiger partial charge in [-0.3, -0.25) is 9.67 Å². The predicted molar refractivity (Wildman–Crippen MR) is 82.4 cm³/mol. The zero-order valence-corrected chi connectivity index (χ0v) is 12.0. The number of hydrogen-bond donors (Lipinski definition) is 1. The number of nitrogens with two attached hydrogens (primary N) is 1. The lowest BCUT2D eigenvalue weighted by atomic mass is 9.97. The molecule has 4 nitrogen and oxygen atoms in total. The van der Waals surface area contributed by atoms with Crippen LogP contribution in [0.5, 0.6) is 0 Å². The van der Waals surface area contributed by atoms with Gasteiger partial charge in [0.25, 0.3) is 0 Å². The second-order valence-electron chi connectivity index (χ2n) is 5.40. The summed E-state index contributed by atoms with van der Waals surface area (Å²) in [4.78, 5) is 4.34. The van der Waals surface area contributed by atoms with E-state index < -0.39 is 0 Å². The fourth-order valence-electron chi connectivity index (χ4n) is 2.44. The van der Waals surface area contributed by atoms with Gasteiger partial charge in [0.15, 0.2) is 0 Å². The fraction of sp³-hybridized carbons (Fsp3) is 0.250. The molecule has 2 aromatic heterocycles. The molecule has 0 fully saturated rings. The van der Waals surface area contributed by atoms with E-state index in [-0.39, 0.29) is 0 Å². The van der Waals surface area contributed by atoms with Crippen molar-refractivity contribution in [3.8, 4) is 11.3 Å². The SMILES string of the molecule is CC(C)c1cncc2cc(-c3cc(N)n(C)n3)ccc12. The van der Waals surface area contributed by atoms with E-state index in [1.54, 1.807) is 4.68 Å². The molecule has 0 bridgehead atoms. The number of nitrogens with zero attached hydrogens (tertiary/aromatic N) is 3. The molecule has 1 aromatic carbocycles. The maximum Gasteiger partial charge on any atom is 0.121 e. The first-order valence-corrected chi connectivity index (χ1v) is 6.74. The molecule has 0 radical (unpaired) electrons. The first-order chi connectivity index (χ1) is 9.56. The molecule has 0 unspecified atom stereocenters. The van der Waals surface area contributed by atoms with E-state index in [4.69, 9.17) is 5.73 Å². The Labute approximate surface area is 118 Å². The van der Waals surface area contributed by atoms with Gasteiger partial charge >= 0.3 is 0 Å². The summed E-state index contributed by atoms with van der Waals surface area (Å²) < 4.78 is 1.68. The second kappa shape index (κ2) is 4.63. The van der Waals surface area contributed by atoms with Crippen LogP contribution in [0.25, 0.3) is 22.0 Å². The Bertz CT molecular complexity index is 752. The number of nitrogen functional groups attached to an aromatic ring is 1. The van der Waals surface area contributed by atoms with Crippen molar-refractivity contribution in [3.63, 3.8) is 0 Å². The molecular formula is C16H18N4. The number of anilines is 1. The summed E-state index contributed by atoms with van der Waals surface area (Å²) in [5.41, 5.74) is 9.07. The van der Waals surface area contributed by atoms with E-state index in [9.17, 15) is 0 Å². The van der Waals surface area contributed by atoms with Crippen LogP contribution in [0.3, 0.4) is 0 Å². The van der Waals surface area contributed by atoms with Gasteiger partial charge in [-0.1, -0.05) is 26.0 Å². The van der Waals surface area contributed by atoms with E-state index in [0.29, 0.717) is 11.7 Å². The molecule has 20 heavy (non-hydrogen) atoms. The minimum absolute atomic E-state index is 0.461. The Morgan fingerprint density at radius 2 is 1.95 bits per heavy atom. The molecule has 0 spiro atoms. The van der Waals surface area contributed by atoms with Gasteiger partial charge in [-0.2, -0.15) is 5.10 Å². The van der Waals surface area contributed by atoms with Crippen molar-refractivity contribution in [2.75, 3.05) is 5.73 Å². The van der Waals surface area contributed by atoms with Crippen LogP contribution in [0.2, 0.25) is 0 Å². The fourth-order valence-corrected chi connectivity index (χ4v) is 2.44. The van der Waals surface area contributed by atoms with Crippen molar-refractivity contribution >= 4 is 16.6 Å². The average molecular weight is 266 g/mol. The van der Waals surface area contributed by atoms with E-state index in [2.05, 4.69) is 42.1 Å². The standard InChI is InChI=1S/C16H18N4/c1-10(2)14-9-18-8-12-6-11(4-5-13(12)14)15-7-16(17)20(3)19-15/h4-10H,17H2,1-3H3.